The fourth-order valence-electron chi connectivity index (χ4n) is 1.09. The number of aromatic nitrogens is 4. The molecular formula is C9H9N5O. The van der Waals surface area contributed by atoms with E-state index < -0.39 is 0 Å². The molecule has 0 unspecified atom stereocenters. The molecule has 0 aliphatic heterocycles. The van der Waals surface area contributed by atoms with Crippen molar-refractivity contribution in [1.82, 2.24) is 20.2 Å². The van der Waals surface area contributed by atoms with Gasteiger partial charge < -0.3 is 5.32 Å². The number of H-pyrrole nitrogens is 1. The van der Waals surface area contributed by atoms with Crippen LogP contribution < -0.4 is 5.32 Å². The third-order valence-corrected chi connectivity index (χ3v) is 1.92. The molecule has 0 spiro atoms. The first kappa shape index (κ1) is 9.32. The standard InChI is InChI=1S/C9H9N5O/c1-6-2-3-10-4-7(6)13-9(15)8-11-5-12-14-8/h2-5H,1H3,(H,13,15)(H,11,12,14). The number of amides is 1. The lowest BCUT2D eigenvalue weighted by atomic mass is 10.2. The number of aryl methyl sites for hydroxylation is 1. The molecule has 0 saturated carbocycles. The van der Waals surface area contributed by atoms with Crippen LogP contribution in [-0.4, -0.2) is 26.1 Å². The normalized spacial score (nSPS) is 9.93. The molecule has 6 heteroatoms. The lowest BCUT2D eigenvalue weighted by Gasteiger charge is -2.04. The van der Waals surface area contributed by atoms with Gasteiger partial charge in [-0.2, -0.15) is 5.10 Å². The summed E-state index contributed by atoms with van der Waals surface area (Å²) in [5.41, 5.74) is 1.61. The van der Waals surface area contributed by atoms with Crippen LogP contribution in [0.5, 0.6) is 0 Å². The molecule has 0 bridgehead atoms. The van der Waals surface area contributed by atoms with Crippen molar-refractivity contribution >= 4 is 11.6 Å². The maximum absolute atomic E-state index is 11.6. The largest absolute Gasteiger partial charge is 0.318 e. The van der Waals surface area contributed by atoms with E-state index in [0.29, 0.717) is 5.69 Å². The Balaban J connectivity index is 2.17. The number of carbonyl (C=O) groups excluding carboxylic acids is 1. The Labute approximate surface area is 85.8 Å². The van der Waals surface area contributed by atoms with E-state index in [1.165, 1.54) is 6.33 Å². The summed E-state index contributed by atoms with van der Waals surface area (Å²) >= 11 is 0. The fourth-order valence-corrected chi connectivity index (χ4v) is 1.09. The number of hydrogen-bond acceptors (Lipinski definition) is 4. The van der Waals surface area contributed by atoms with Crippen molar-refractivity contribution in [2.24, 2.45) is 0 Å². The molecule has 0 radical (unpaired) electrons. The smallest absolute Gasteiger partial charge is 0.293 e. The summed E-state index contributed by atoms with van der Waals surface area (Å²) < 4.78 is 0. The van der Waals surface area contributed by atoms with E-state index >= 15 is 0 Å². The molecule has 6 nitrogen and oxygen atoms in total. The van der Waals surface area contributed by atoms with Crippen molar-refractivity contribution in [1.29, 1.82) is 0 Å². The van der Waals surface area contributed by atoms with Gasteiger partial charge in [-0.15, -0.1) is 0 Å². The first-order chi connectivity index (χ1) is 7.27. The fraction of sp³-hybridized carbons (Fsp3) is 0.111. The van der Waals surface area contributed by atoms with Gasteiger partial charge in [0.1, 0.15) is 6.33 Å². The lowest BCUT2D eigenvalue weighted by molar-refractivity contribution is 0.101. The molecule has 2 aromatic heterocycles. The third kappa shape index (κ3) is 1.98. The number of rotatable bonds is 2. The summed E-state index contributed by atoms with van der Waals surface area (Å²) in [4.78, 5) is 19.2. The quantitative estimate of drug-likeness (QED) is 0.754. The van der Waals surface area contributed by atoms with Crippen molar-refractivity contribution < 1.29 is 4.79 Å². The molecule has 0 aliphatic carbocycles. The van der Waals surface area contributed by atoms with Gasteiger partial charge in [0.2, 0.25) is 5.82 Å². The predicted octanol–water partition coefficient (Wildman–Crippen LogP) is 0.760. The zero-order chi connectivity index (χ0) is 10.7. The molecule has 2 heterocycles. The van der Waals surface area contributed by atoms with Crippen LogP contribution in [0.2, 0.25) is 0 Å². The van der Waals surface area contributed by atoms with Crippen molar-refractivity contribution in [3.05, 3.63) is 36.2 Å². The molecule has 76 valence electrons. The second kappa shape index (κ2) is 3.87. The SMILES string of the molecule is Cc1ccncc1NC(=O)c1ncn[nH]1. The van der Waals surface area contributed by atoms with E-state index in [0.717, 1.165) is 5.56 Å². The predicted molar refractivity (Wildman–Crippen MR) is 53.3 cm³/mol. The Morgan fingerprint density at radius 2 is 2.40 bits per heavy atom. The molecule has 0 fully saturated rings. The Morgan fingerprint density at radius 1 is 1.53 bits per heavy atom. The number of nitrogens with zero attached hydrogens (tertiary/aromatic N) is 3. The first-order valence-corrected chi connectivity index (χ1v) is 4.34. The highest BCUT2D eigenvalue weighted by atomic mass is 16.2. The van der Waals surface area contributed by atoms with Gasteiger partial charge in [0.05, 0.1) is 11.9 Å². The molecule has 2 aromatic rings. The molecule has 0 aliphatic rings. The van der Waals surface area contributed by atoms with E-state index in [9.17, 15) is 4.79 Å². The highest BCUT2D eigenvalue weighted by molar-refractivity contribution is 6.01. The van der Waals surface area contributed by atoms with Crippen molar-refractivity contribution in [3.8, 4) is 0 Å². The van der Waals surface area contributed by atoms with Gasteiger partial charge in [-0.25, -0.2) is 4.98 Å². The number of anilines is 1. The molecule has 0 atom stereocenters. The van der Waals surface area contributed by atoms with Gasteiger partial charge in [0.15, 0.2) is 0 Å². The van der Waals surface area contributed by atoms with Crippen LogP contribution in [0.1, 0.15) is 16.2 Å². The average Bonchev–Trinajstić information content (AvgIpc) is 2.74. The monoisotopic (exact) mass is 203 g/mol. The van der Waals surface area contributed by atoms with Crippen LogP contribution in [0, 0.1) is 6.92 Å². The Bertz CT molecular complexity index is 465. The van der Waals surface area contributed by atoms with Gasteiger partial charge in [-0.3, -0.25) is 14.9 Å². The van der Waals surface area contributed by atoms with E-state index in [2.05, 4.69) is 25.5 Å². The van der Waals surface area contributed by atoms with Crippen molar-refractivity contribution in [2.75, 3.05) is 5.32 Å². The zero-order valence-electron chi connectivity index (χ0n) is 8.06. The van der Waals surface area contributed by atoms with Gasteiger partial charge >= 0.3 is 0 Å². The van der Waals surface area contributed by atoms with E-state index in [1.54, 1.807) is 12.4 Å². The molecular weight excluding hydrogens is 194 g/mol. The summed E-state index contributed by atoms with van der Waals surface area (Å²) in [6.45, 7) is 1.89. The minimum atomic E-state index is -0.330. The van der Waals surface area contributed by atoms with Crippen LogP contribution in [0.25, 0.3) is 0 Å². The molecule has 15 heavy (non-hydrogen) atoms. The molecule has 1 amide bonds. The average molecular weight is 203 g/mol. The van der Waals surface area contributed by atoms with Gasteiger partial charge in [-0.05, 0) is 18.6 Å². The van der Waals surface area contributed by atoms with Crippen molar-refractivity contribution in [2.45, 2.75) is 6.92 Å². The lowest BCUT2D eigenvalue weighted by Crippen LogP contribution is -2.14. The minimum absolute atomic E-state index is 0.179. The topological polar surface area (TPSA) is 83.6 Å². The maximum Gasteiger partial charge on any atom is 0.293 e. The number of carbonyl (C=O) groups is 1. The van der Waals surface area contributed by atoms with Crippen LogP contribution in [0.4, 0.5) is 5.69 Å². The van der Waals surface area contributed by atoms with Crippen molar-refractivity contribution in [3.63, 3.8) is 0 Å². The number of hydrogen-bond donors (Lipinski definition) is 2. The van der Waals surface area contributed by atoms with E-state index in [1.807, 2.05) is 13.0 Å². The number of aromatic amines is 1. The van der Waals surface area contributed by atoms with E-state index in [-0.39, 0.29) is 11.7 Å². The first-order valence-electron chi connectivity index (χ1n) is 4.34. The number of nitrogens with one attached hydrogen (secondary N) is 2. The second-order valence-electron chi connectivity index (χ2n) is 2.98. The molecule has 0 aromatic carbocycles. The summed E-state index contributed by atoms with van der Waals surface area (Å²) in [7, 11) is 0. The molecule has 0 saturated heterocycles. The summed E-state index contributed by atoms with van der Waals surface area (Å²) in [6.07, 6.45) is 4.54. The van der Waals surface area contributed by atoms with Crippen LogP contribution in [-0.2, 0) is 0 Å². The van der Waals surface area contributed by atoms with Gasteiger partial charge in [0, 0.05) is 6.20 Å². The zero-order valence-corrected chi connectivity index (χ0v) is 8.06. The van der Waals surface area contributed by atoms with Gasteiger partial charge in [-0.1, -0.05) is 0 Å². The van der Waals surface area contributed by atoms with Gasteiger partial charge in [0.25, 0.3) is 5.91 Å². The second-order valence-corrected chi connectivity index (χ2v) is 2.98. The van der Waals surface area contributed by atoms with Crippen LogP contribution in [0.15, 0.2) is 24.8 Å². The maximum atomic E-state index is 11.6. The highest BCUT2D eigenvalue weighted by Gasteiger charge is 2.09. The summed E-state index contributed by atoms with van der Waals surface area (Å²) in [6, 6.07) is 1.82. The molecule has 2 rings (SSSR count). The third-order valence-electron chi connectivity index (χ3n) is 1.92. The highest BCUT2D eigenvalue weighted by Crippen LogP contribution is 2.11. The molecule has 2 N–H and O–H groups in total. The minimum Gasteiger partial charge on any atom is -0.318 e. The Morgan fingerprint density at radius 3 is 3.07 bits per heavy atom. The number of pyridine rings is 1. The van der Waals surface area contributed by atoms with E-state index in [4.69, 9.17) is 0 Å². The van der Waals surface area contributed by atoms with Crippen LogP contribution in [0.3, 0.4) is 0 Å². The van der Waals surface area contributed by atoms with Crippen LogP contribution >= 0.6 is 0 Å². The Hall–Kier alpha value is -2.24. The Kier molecular flexibility index (Phi) is 2.40. The summed E-state index contributed by atoms with van der Waals surface area (Å²) in [5, 5.41) is 8.76. The summed E-state index contributed by atoms with van der Waals surface area (Å²) in [5.74, 6) is -0.151.